The molecule has 1 unspecified atom stereocenters. The maximum atomic E-state index is 12.8. The second-order valence-corrected chi connectivity index (χ2v) is 4.53. The smallest absolute Gasteiger partial charge is 0.303 e. The Morgan fingerprint density at radius 1 is 1.39 bits per heavy atom. The number of hydrogen-bond acceptors (Lipinski definition) is 2. The minimum Gasteiger partial charge on any atom is -0.481 e. The molecule has 0 spiro atoms. The van der Waals surface area contributed by atoms with Gasteiger partial charge in [0.1, 0.15) is 0 Å². The first-order chi connectivity index (χ1) is 8.28. The first-order valence-corrected chi connectivity index (χ1v) is 5.72. The number of rotatable bonds is 6. The van der Waals surface area contributed by atoms with Crippen LogP contribution in [0.4, 0.5) is 8.78 Å². The maximum Gasteiger partial charge on any atom is 0.303 e. The Bertz CT molecular complexity index is 398. The Hall–Kier alpha value is -1.49. The zero-order chi connectivity index (χ0) is 13.8. The molecule has 100 valence electrons. The Morgan fingerprint density at radius 2 is 1.94 bits per heavy atom. The summed E-state index contributed by atoms with van der Waals surface area (Å²) in [6.07, 6.45) is 0.0201. The highest BCUT2D eigenvalue weighted by molar-refractivity contribution is 5.66. The number of carboxylic acids is 1. The highest BCUT2D eigenvalue weighted by Gasteiger charge is 2.21. The van der Waals surface area contributed by atoms with E-state index in [0.29, 0.717) is 12.0 Å². The van der Waals surface area contributed by atoms with Gasteiger partial charge >= 0.3 is 5.97 Å². The fraction of sp³-hybridized carbons (Fsp3) is 0.462. The topological polar surface area (TPSA) is 63.3 Å². The van der Waals surface area contributed by atoms with Gasteiger partial charge in [0.05, 0.1) is 0 Å². The Morgan fingerprint density at radius 3 is 2.39 bits per heavy atom. The van der Waals surface area contributed by atoms with Crippen molar-refractivity contribution >= 4 is 5.97 Å². The predicted molar refractivity (Wildman–Crippen MR) is 64.6 cm³/mol. The molecule has 1 rings (SSSR count). The van der Waals surface area contributed by atoms with E-state index in [1.165, 1.54) is 0 Å². The molecule has 3 N–H and O–H groups in total. The number of aliphatic carboxylic acids is 1. The third-order valence-electron chi connectivity index (χ3n) is 2.59. The summed E-state index contributed by atoms with van der Waals surface area (Å²) in [5.41, 5.74) is 7.11. The predicted octanol–water partition coefficient (Wildman–Crippen LogP) is 2.75. The van der Waals surface area contributed by atoms with Gasteiger partial charge in [-0.3, -0.25) is 4.79 Å². The quantitative estimate of drug-likeness (QED) is 0.823. The van der Waals surface area contributed by atoms with Crippen LogP contribution in [0.5, 0.6) is 0 Å². The van der Waals surface area contributed by atoms with Gasteiger partial charge in [0.25, 0.3) is 0 Å². The number of halogens is 2. The lowest BCUT2D eigenvalue weighted by Gasteiger charge is -2.13. The van der Waals surface area contributed by atoms with E-state index in [9.17, 15) is 13.6 Å². The Labute approximate surface area is 105 Å². The molecule has 0 amide bonds. The van der Waals surface area contributed by atoms with Gasteiger partial charge in [-0.2, -0.15) is 0 Å². The van der Waals surface area contributed by atoms with Crippen molar-refractivity contribution in [2.24, 2.45) is 5.73 Å². The molecule has 0 aliphatic carbocycles. The molecule has 1 aromatic rings. The SMILES string of the molecule is CC(F)(F)Cc1ccc(C(N)CCC(=O)O)cc1. The summed E-state index contributed by atoms with van der Waals surface area (Å²) in [7, 11) is 0. The molecule has 0 radical (unpaired) electrons. The van der Waals surface area contributed by atoms with Crippen LogP contribution in [0, 0.1) is 0 Å². The van der Waals surface area contributed by atoms with Crippen LogP contribution in [0.3, 0.4) is 0 Å². The van der Waals surface area contributed by atoms with Crippen molar-refractivity contribution < 1.29 is 18.7 Å². The lowest BCUT2D eigenvalue weighted by molar-refractivity contribution is -0.137. The molecule has 0 heterocycles. The first kappa shape index (κ1) is 14.6. The summed E-state index contributed by atoms with van der Waals surface area (Å²) in [5.74, 6) is -3.62. The molecule has 1 aromatic carbocycles. The van der Waals surface area contributed by atoms with Gasteiger partial charge < -0.3 is 10.8 Å². The van der Waals surface area contributed by atoms with Gasteiger partial charge in [0.2, 0.25) is 5.92 Å². The summed E-state index contributed by atoms with van der Waals surface area (Å²) < 4.78 is 25.6. The van der Waals surface area contributed by atoms with E-state index in [4.69, 9.17) is 10.8 Å². The summed E-state index contributed by atoms with van der Waals surface area (Å²) in [5, 5.41) is 8.54. The molecule has 0 aliphatic rings. The molecular formula is C13H17F2NO2. The van der Waals surface area contributed by atoms with E-state index in [1.807, 2.05) is 0 Å². The van der Waals surface area contributed by atoms with Crippen LogP contribution in [0.1, 0.15) is 36.9 Å². The number of benzene rings is 1. The van der Waals surface area contributed by atoms with Crippen LogP contribution in [-0.4, -0.2) is 17.0 Å². The van der Waals surface area contributed by atoms with Crippen molar-refractivity contribution in [3.63, 3.8) is 0 Å². The number of alkyl halides is 2. The van der Waals surface area contributed by atoms with Gasteiger partial charge in [-0.25, -0.2) is 8.78 Å². The highest BCUT2D eigenvalue weighted by atomic mass is 19.3. The van der Waals surface area contributed by atoms with Crippen molar-refractivity contribution in [3.8, 4) is 0 Å². The summed E-state index contributed by atoms with van der Waals surface area (Å²) in [6, 6.07) is 6.18. The molecule has 0 saturated heterocycles. The number of nitrogens with two attached hydrogens (primary N) is 1. The summed E-state index contributed by atoms with van der Waals surface area (Å²) in [4.78, 5) is 10.4. The van der Waals surface area contributed by atoms with E-state index in [0.717, 1.165) is 12.5 Å². The molecule has 3 nitrogen and oxygen atoms in total. The molecule has 5 heteroatoms. The van der Waals surface area contributed by atoms with Crippen LogP contribution in [-0.2, 0) is 11.2 Å². The molecule has 18 heavy (non-hydrogen) atoms. The minimum absolute atomic E-state index is 0.00402. The molecule has 1 atom stereocenters. The summed E-state index contributed by atoms with van der Waals surface area (Å²) in [6.45, 7) is 0.875. The lowest BCUT2D eigenvalue weighted by atomic mass is 10.00. The van der Waals surface area contributed by atoms with Gasteiger partial charge in [-0.05, 0) is 24.5 Å². The van der Waals surface area contributed by atoms with Gasteiger partial charge in [-0.15, -0.1) is 0 Å². The second kappa shape index (κ2) is 5.91. The van der Waals surface area contributed by atoms with E-state index in [-0.39, 0.29) is 18.9 Å². The van der Waals surface area contributed by atoms with Crippen LogP contribution < -0.4 is 5.73 Å². The molecule has 0 saturated carbocycles. The number of hydrogen-bond donors (Lipinski definition) is 2. The normalized spacial score (nSPS) is 13.3. The van der Waals surface area contributed by atoms with Crippen molar-refractivity contribution in [2.45, 2.75) is 38.2 Å². The largest absolute Gasteiger partial charge is 0.481 e. The van der Waals surface area contributed by atoms with Crippen molar-refractivity contribution in [2.75, 3.05) is 0 Å². The zero-order valence-corrected chi connectivity index (χ0v) is 10.2. The third kappa shape index (κ3) is 5.23. The Kier molecular flexibility index (Phi) is 4.78. The van der Waals surface area contributed by atoms with Crippen molar-refractivity contribution in [1.29, 1.82) is 0 Å². The van der Waals surface area contributed by atoms with Crippen LogP contribution in [0.25, 0.3) is 0 Å². The van der Waals surface area contributed by atoms with Crippen molar-refractivity contribution in [1.82, 2.24) is 0 Å². The standard InChI is InChI=1S/C13H17F2NO2/c1-13(14,15)8-9-2-4-10(5-3-9)11(16)6-7-12(17)18/h2-5,11H,6-8,16H2,1H3,(H,17,18). The molecule has 0 aliphatic heterocycles. The van der Waals surface area contributed by atoms with Crippen molar-refractivity contribution in [3.05, 3.63) is 35.4 Å². The molecular weight excluding hydrogens is 240 g/mol. The molecule has 0 aromatic heterocycles. The molecule has 0 fully saturated rings. The maximum absolute atomic E-state index is 12.8. The third-order valence-corrected chi connectivity index (χ3v) is 2.59. The van der Waals surface area contributed by atoms with Gasteiger partial charge in [-0.1, -0.05) is 24.3 Å². The number of carboxylic acid groups (broad SMARTS) is 1. The van der Waals surface area contributed by atoms with Crippen LogP contribution >= 0.6 is 0 Å². The fourth-order valence-corrected chi connectivity index (χ4v) is 1.69. The first-order valence-electron chi connectivity index (χ1n) is 5.72. The second-order valence-electron chi connectivity index (χ2n) is 4.53. The van der Waals surface area contributed by atoms with Gasteiger partial charge in [0, 0.05) is 18.9 Å². The molecule has 0 bridgehead atoms. The fourth-order valence-electron chi connectivity index (χ4n) is 1.69. The van der Waals surface area contributed by atoms with E-state index in [2.05, 4.69) is 0 Å². The van der Waals surface area contributed by atoms with Crippen LogP contribution in [0.2, 0.25) is 0 Å². The lowest BCUT2D eigenvalue weighted by Crippen LogP contribution is -2.14. The number of carbonyl (C=O) groups is 1. The summed E-state index contributed by atoms with van der Waals surface area (Å²) >= 11 is 0. The average molecular weight is 257 g/mol. The van der Waals surface area contributed by atoms with Crippen LogP contribution in [0.15, 0.2) is 24.3 Å². The minimum atomic E-state index is -2.73. The van der Waals surface area contributed by atoms with E-state index in [1.54, 1.807) is 24.3 Å². The highest BCUT2D eigenvalue weighted by Crippen LogP contribution is 2.21. The van der Waals surface area contributed by atoms with Gasteiger partial charge in [0.15, 0.2) is 0 Å². The van der Waals surface area contributed by atoms with E-state index >= 15 is 0 Å². The monoisotopic (exact) mass is 257 g/mol. The zero-order valence-electron chi connectivity index (χ0n) is 10.2. The Balaban J connectivity index is 2.62. The van der Waals surface area contributed by atoms with E-state index < -0.39 is 11.9 Å². The average Bonchev–Trinajstić information content (AvgIpc) is 2.24.